The third kappa shape index (κ3) is 4.70. The van der Waals surface area contributed by atoms with Gasteiger partial charge in [0.25, 0.3) is 0 Å². The van der Waals surface area contributed by atoms with E-state index in [1.807, 2.05) is 60.0 Å². The van der Waals surface area contributed by atoms with E-state index >= 15 is 0 Å². The summed E-state index contributed by atoms with van der Waals surface area (Å²) in [4.78, 5) is 20.4. The predicted molar refractivity (Wildman–Crippen MR) is 132 cm³/mol. The summed E-state index contributed by atoms with van der Waals surface area (Å²) in [5, 5.41) is 11.8. The van der Waals surface area contributed by atoms with Crippen molar-refractivity contribution in [2.75, 3.05) is 17.4 Å². The number of methoxy groups -OCH3 is 1. The number of aromatic nitrogens is 3. The van der Waals surface area contributed by atoms with E-state index in [-0.39, 0.29) is 33.5 Å². The number of aliphatic imine (C=N–C) groups is 1. The van der Waals surface area contributed by atoms with Gasteiger partial charge in [0, 0.05) is 0 Å². The first-order valence-electron chi connectivity index (χ1n) is 11.2. The average molecular weight is 578 g/mol. The molecule has 0 fully saturated rings. The van der Waals surface area contributed by atoms with Crippen LogP contribution in [0.3, 0.4) is 0 Å². The summed E-state index contributed by atoms with van der Waals surface area (Å²) < 4.78 is 8.90. The van der Waals surface area contributed by atoms with Crippen LogP contribution in [-0.4, -0.2) is 38.4 Å². The Morgan fingerprint density at radius 2 is 1.83 bits per heavy atom. The molecule has 35 heavy (non-hydrogen) atoms. The minimum absolute atomic E-state index is 0.00521. The Kier molecular flexibility index (Phi) is 6.63. The molecule has 0 bridgehead atoms. The Bertz CT molecular complexity index is 1400. The van der Waals surface area contributed by atoms with Crippen LogP contribution in [0.15, 0.2) is 77.8 Å². The second-order valence-corrected chi connectivity index (χ2v) is 10.5. The molecular formula is C27H25IN5O2-. The molecule has 0 radical (unpaired) electrons. The van der Waals surface area contributed by atoms with Gasteiger partial charge in [-0.05, 0) is 0 Å². The number of hydrogen-bond donors (Lipinski definition) is 1. The second kappa shape index (κ2) is 9.99. The Morgan fingerprint density at radius 3 is 2.54 bits per heavy atom. The van der Waals surface area contributed by atoms with Crippen molar-refractivity contribution in [2.45, 2.75) is 19.4 Å². The van der Waals surface area contributed by atoms with Gasteiger partial charge in [-0.15, -0.1) is 0 Å². The maximum absolute atomic E-state index is 13.1. The molecule has 3 aromatic carbocycles. The fourth-order valence-corrected chi connectivity index (χ4v) is 5.29. The number of nitrogens with one attached hydrogen (secondary N) is 1. The van der Waals surface area contributed by atoms with Crippen molar-refractivity contribution in [1.82, 2.24) is 14.8 Å². The summed E-state index contributed by atoms with van der Waals surface area (Å²) in [7, 11) is 1.65. The molecule has 2 heterocycles. The number of nitrogens with zero attached hydrogens (tertiary/aromatic N) is 4. The van der Waals surface area contributed by atoms with E-state index in [9.17, 15) is 4.79 Å². The summed E-state index contributed by atoms with van der Waals surface area (Å²) in [6.07, 6.45) is 0.139. The van der Waals surface area contributed by atoms with E-state index in [1.54, 1.807) is 7.11 Å². The first-order valence-corrected chi connectivity index (χ1v) is 14.4. The number of rotatable bonds is 6. The van der Waals surface area contributed by atoms with E-state index in [0.29, 0.717) is 5.82 Å². The molecule has 1 N–H and O–H groups in total. The molecule has 1 aliphatic rings. The van der Waals surface area contributed by atoms with E-state index < -0.39 is 6.04 Å². The molecule has 1 atom stereocenters. The Hall–Kier alpha value is -3.53. The zero-order valence-electron chi connectivity index (χ0n) is 19.7. The van der Waals surface area contributed by atoms with Crippen LogP contribution in [0.2, 0.25) is 0 Å². The zero-order valence-corrected chi connectivity index (χ0v) is 21.9. The van der Waals surface area contributed by atoms with Crippen molar-refractivity contribution in [2.24, 2.45) is 4.99 Å². The van der Waals surface area contributed by atoms with Crippen LogP contribution in [0.1, 0.15) is 35.2 Å². The molecule has 1 aliphatic heterocycles. The quantitative estimate of drug-likeness (QED) is 0.277. The molecule has 1 amide bonds. The van der Waals surface area contributed by atoms with Crippen LogP contribution < -0.4 is 31.3 Å². The number of hydrogen-bond acceptors (Lipinski definition) is 5. The summed E-state index contributed by atoms with van der Waals surface area (Å²) in [5.41, 5.74) is 4.38. The number of alkyl halides is 1. The van der Waals surface area contributed by atoms with Crippen LogP contribution >= 0.6 is 0 Å². The number of para-hydroxylation sites is 1. The number of benzene rings is 3. The molecule has 1 aromatic heterocycles. The molecule has 0 saturated carbocycles. The van der Waals surface area contributed by atoms with Gasteiger partial charge in [-0.25, -0.2) is 0 Å². The monoisotopic (exact) mass is 578 g/mol. The van der Waals surface area contributed by atoms with Gasteiger partial charge in [-0.2, -0.15) is 0 Å². The third-order valence-electron chi connectivity index (χ3n) is 5.90. The Morgan fingerprint density at radius 1 is 1.06 bits per heavy atom. The van der Waals surface area contributed by atoms with E-state index in [4.69, 9.17) is 9.73 Å². The van der Waals surface area contributed by atoms with Crippen molar-refractivity contribution in [3.63, 3.8) is 0 Å². The van der Waals surface area contributed by atoms with Crippen molar-refractivity contribution < 1.29 is 30.7 Å². The molecule has 8 heteroatoms. The van der Waals surface area contributed by atoms with Crippen LogP contribution in [0.4, 0.5) is 5.69 Å². The Labute approximate surface area is 214 Å². The van der Waals surface area contributed by atoms with Gasteiger partial charge in [-0.1, -0.05) is 18.2 Å². The summed E-state index contributed by atoms with van der Waals surface area (Å²) in [5.74, 6) is 1.98. The van der Waals surface area contributed by atoms with Gasteiger partial charge in [0.15, 0.2) is 0 Å². The summed E-state index contributed by atoms with van der Waals surface area (Å²) >= 11 is -0.00521. The third-order valence-corrected chi connectivity index (χ3v) is 7.87. The van der Waals surface area contributed by atoms with Crippen molar-refractivity contribution in [1.29, 1.82) is 0 Å². The minimum atomic E-state index is -0.508. The molecular weight excluding hydrogens is 553 g/mol. The van der Waals surface area contributed by atoms with E-state index in [0.717, 1.165) is 39.8 Å². The number of ether oxygens (including phenoxy) is 1. The van der Waals surface area contributed by atoms with Crippen LogP contribution in [0.25, 0.3) is 5.69 Å². The number of carbonyl (C=O) groups excluding carboxylic acids is 1. The van der Waals surface area contributed by atoms with Crippen molar-refractivity contribution >= 4 is 17.3 Å². The summed E-state index contributed by atoms with van der Waals surface area (Å²) in [6.45, 7) is 1.91. The molecule has 0 saturated heterocycles. The van der Waals surface area contributed by atoms with Gasteiger partial charge in [0.1, 0.15) is 0 Å². The first-order chi connectivity index (χ1) is 17.1. The number of fused-ring (bicyclic) bond motifs is 3. The van der Waals surface area contributed by atoms with Gasteiger partial charge < -0.3 is 0 Å². The molecule has 0 unspecified atom stereocenters. The SMILES string of the molecule is COc1ccc2c(c1)C(c1ccc([I-]C)cc1)=N[C@@H](CC(=O)Nc1ccccc1)c1nnc(C)n1-2. The van der Waals surface area contributed by atoms with Gasteiger partial charge in [0.05, 0.1) is 0 Å². The standard InChI is InChI=1S/C27H25IN5O2/c1-17-31-32-27-23(16-25(34)29-20-7-5-4-6-8-20)30-26(18-9-11-19(28-2)12-10-18)22-15-21(35-3)13-14-24(22)33(17)27/h4-15,23H,16H2,1-3H3,(H,29,34)/q-1/t23-/m0/s1. The van der Waals surface area contributed by atoms with Crippen molar-refractivity contribution in [3.05, 3.63) is 99.1 Å². The number of carbonyl (C=O) groups is 1. The fourth-order valence-electron chi connectivity index (χ4n) is 4.21. The average Bonchev–Trinajstić information content (AvgIpc) is 3.21. The summed E-state index contributed by atoms with van der Waals surface area (Å²) in [6, 6.07) is 23.4. The molecule has 4 aromatic rings. The Balaban J connectivity index is 1.63. The molecule has 0 spiro atoms. The van der Waals surface area contributed by atoms with Crippen molar-refractivity contribution in [3.8, 4) is 11.4 Å². The maximum atomic E-state index is 13.1. The predicted octanol–water partition coefficient (Wildman–Crippen LogP) is 1.39. The van der Waals surface area contributed by atoms with Gasteiger partial charge >= 0.3 is 197 Å². The van der Waals surface area contributed by atoms with E-state index in [2.05, 4.69) is 44.7 Å². The topological polar surface area (TPSA) is 81.4 Å². The number of aryl methyl sites for hydroxylation is 1. The van der Waals surface area contributed by atoms with Crippen LogP contribution in [0, 0.1) is 10.5 Å². The number of anilines is 1. The van der Waals surface area contributed by atoms with Gasteiger partial charge in [-0.3, -0.25) is 0 Å². The zero-order chi connectivity index (χ0) is 24.4. The van der Waals surface area contributed by atoms with Gasteiger partial charge in [0.2, 0.25) is 0 Å². The second-order valence-electron chi connectivity index (χ2n) is 8.13. The molecule has 178 valence electrons. The normalized spacial score (nSPS) is 14.5. The number of halogens is 1. The van der Waals surface area contributed by atoms with Crippen LogP contribution in [0.5, 0.6) is 5.75 Å². The number of amides is 1. The molecule has 5 rings (SSSR count). The van der Waals surface area contributed by atoms with E-state index in [1.165, 1.54) is 3.57 Å². The molecule has 0 aliphatic carbocycles. The van der Waals surface area contributed by atoms with Crippen LogP contribution in [-0.2, 0) is 4.79 Å². The first kappa shape index (κ1) is 23.2. The fraction of sp³-hybridized carbons (Fsp3) is 0.185. The molecule has 7 nitrogen and oxygen atoms in total.